The molecule has 2 aromatic carbocycles. The van der Waals surface area contributed by atoms with E-state index in [0.29, 0.717) is 22.2 Å². The van der Waals surface area contributed by atoms with Crippen molar-refractivity contribution in [2.45, 2.75) is 12.5 Å². The summed E-state index contributed by atoms with van der Waals surface area (Å²) in [5.41, 5.74) is 0.342. The molecular weight excluding hydrogens is 384 g/mol. The van der Waals surface area contributed by atoms with Crippen LogP contribution in [-0.4, -0.2) is 39.7 Å². The van der Waals surface area contributed by atoms with Crippen molar-refractivity contribution in [3.05, 3.63) is 53.1 Å². The van der Waals surface area contributed by atoms with Gasteiger partial charge in [0.1, 0.15) is 5.60 Å². The molecule has 0 fully saturated rings. The molecule has 2 aromatic rings. The third-order valence-electron chi connectivity index (χ3n) is 4.32. The molecule has 2 rings (SSSR count). The van der Waals surface area contributed by atoms with E-state index in [-0.39, 0.29) is 6.54 Å². The Labute approximate surface area is 168 Å². The number of ether oxygens (including phenoxy) is 3. The topological polar surface area (TPSA) is 85.9 Å². The Balaban J connectivity index is 2.03. The molecular formula is C20H23ClN2O5. The molecule has 2 N–H and O–H groups in total. The van der Waals surface area contributed by atoms with E-state index in [1.54, 1.807) is 43.3 Å². The van der Waals surface area contributed by atoms with Crippen LogP contribution in [0.3, 0.4) is 0 Å². The predicted molar refractivity (Wildman–Crippen MR) is 107 cm³/mol. The molecule has 0 aliphatic carbocycles. The molecule has 8 heteroatoms. The van der Waals surface area contributed by atoms with Crippen LogP contribution in [0.2, 0.25) is 5.02 Å². The molecule has 150 valence electrons. The van der Waals surface area contributed by atoms with Gasteiger partial charge in [0.15, 0.2) is 11.5 Å². The van der Waals surface area contributed by atoms with Gasteiger partial charge in [0.2, 0.25) is 0 Å². The number of methoxy groups -OCH3 is 3. The van der Waals surface area contributed by atoms with Gasteiger partial charge in [-0.1, -0.05) is 23.7 Å². The van der Waals surface area contributed by atoms with Crippen LogP contribution in [-0.2, 0) is 19.9 Å². The largest absolute Gasteiger partial charge is 0.493 e. The third-order valence-corrected chi connectivity index (χ3v) is 4.55. The standard InChI is InChI=1S/C20H23ClN2O5/c1-20(28-4,13-6-5-7-14(21)10-13)12-22-18(24)19(25)23-15-8-9-16(26-2)17(11-15)27-3/h5-11H,12H2,1-4H3,(H,22,24)(H,23,25). The molecule has 0 aliphatic heterocycles. The van der Waals surface area contributed by atoms with E-state index in [1.165, 1.54) is 21.3 Å². The van der Waals surface area contributed by atoms with Crippen molar-refractivity contribution < 1.29 is 23.8 Å². The molecule has 1 atom stereocenters. The smallest absolute Gasteiger partial charge is 0.313 e. The Hall–Kier alpha value is -2.77. The van der Waals surface area contributed by atoms with Crippen LogP contribution < -0.4 is 20.1 Å². The Morgan fingerprint density at radius 3 is 2.32 bits per heavy atom. The van der Waals surface area contributed by atoms with Crippen LogP contribution in [0.25, 0.3) is 0 Å². The minimum Gasteiger partial charge on any atom is -0.493 e. The summed E-state index contributed by atoms with van der Waals surface area (Å²) in [7, 11) is 4.52. The molecule has 0 saturated carbocycles. The predicted octanol–water partition coefficient (Wildman–Crippen LogP) is 2.97. The summed E-state index contributed by atoms with van der Waals surface area (Å²) in [6, 6.07) is 11.9. The van der Waals surface area contributed by atoms with Gasteiger partial charge in [0.05, 0.1) is 20.8 Å². The summed E-state index contributed by atoms with van der Waals surface area (Å²) >= 11 is 6.03. The first kappa shape index (κ1) is 21.5. The van der Waals surface area contributed by atoms with E-state index in [4.69, 9.17) is 25.8 Å². The van der Waals surface area contributed by atoms with E-state index in [2.05, 4.69) is 10.6 Å². The number of hydrogen-bond acceptors (Lipinski definition) is 5. The first-order valence-corrected chi connectivity index (χ1v) is 8.83. The maximum absolute atomic E-state index is 12.2. The monoisotopic (exact) mass is 406 g/mol. The molecule has 2 amide bonds. The first-order valence-electron chi connectivity index (χ1n) is 8.45. The van der Waals surface area contributed by atoms with E-state index in [1.807, 2.05) is 6.07 Å². The number of benzene rings is 2. The van der Waals surface area contributed by atoms with Gasteiger partial charge in [0, 0.05) is 23.9 Å². The van der Waals surface area contributed by atoms with Crippen LogP contribution in [0.15, 0.2) is 42.5 Å². The lowest BCUT2D eigenvalue weighted by Gasteiger charge is -2.29. The van der Waals surface area contributed by atoms with Crippen LogP contribution in [0, 0.1) is 0 Å². The molecule has 28 heavy (non-hydrogen) atoms. The lowest BCUT2D eigenvalue weighted by atomic mass is 9.95. The summed E-state index contributed by atoms with van der Waals surface area (Å²) in [6.07, 6.45) is 0. The molecule has 0 heterocycles. The van der Waals surface area contributed by atoms with Crippen molar-refractivity contribution in [3.63, 3.8) is 0 Å². The second-order valence-corrected chi connectivity index (χ2v) is 6.59. The van der Waals surface area contributed by atoms with Gasteiger partial charge in [-0.25, -0.2) is 0 Å². The fraction of sp³-hybridized carbons (Fsp3) is 0.300. The Kier molecular flexibility index (Phi) is 7.25. The normalized spacial score (nSPS) is 12.6. The quantitative estimate of drug-likeness (QED) is 0.690. The van der Waals surface area contributed by atoms with Crippen molar-refractivity contribution in [2.75, 3.05) is 33.2 Å². The van der Waals surface area contributed by atoms with Crippen LogP contribution in [0.5, 0.6) is 11.5 Å². The highest BCUT2D eigenvalue weighted by molar-refractivity contribution is 6.39. The van der Waals surface area contributed by atoms with E-state index >= 15 is 0 Å². The number of carbonyl (C=O) groups is 2. The fourth-order valence-electron chi connectivity index (χ4n) is 2.54. The van der Waals surface area contributed by atoms with Crippen molar-refractivity contribution in [1.82, 2.24) is 5.32 Å². The van der Waals surface area contributed by atoms with Crippen LogP contribution in [0.4, 0.5) is 5.69 Å². The molecule has 0 saturated heterocycles. The van der Waals surface area contributed by atoms with Crippen molar-refractivity contribution in [1.29, 1.82) is 0 Å². The molecule has 0 radical (unpaired) electrons. The molecule has 1 unspecified atom stereocenters. The van der Waals surface area contributed by atoms with Crippen LogP contribution >= 0.6 is 11.6 Å². The van der Waals surface area contributed by atoms with Crippen molar-refractivity contribution >= 4 is 29.1 Å². The minimum atomic E-state index is -0.843. The highest BCUT2D eigenvalue weighted by Crippen LogP contribution is 2.30. The van der Waals surface area contributed by atoms with Gasteiger partial charge >= 0.3 is 11.8 Å². The fourth-order valence-corrected chi connectivity index (χ4v) is 2.73. The van der Waals surface area contributed by atoms with Gasteiger partial charge in [-0.15, -0.1) is 0 Å². The van der Waals surface area contributed by atoms with Gasteiger partial charge in [-0.2, -0.15) is 0 Å². The summed E-state index contributed by atoms with van der Waals surface area (Å²) in [5.74, 6) is -0.646. The van der Waals surface area contributed by atoms with Gasteiger partial charge in [-0.3, -0.25) is 9.59 Å². The molecule has 7 nitrogen and oxygen atoms in total. The average Bonchev–Trinajstić information content (AvgIpc) is 2.71. The number of halogens is 1. The summed E-state index contributed by atoms with van der Waals surface area (Å²) in [6.45, 7) is 1.88. The van der Waals surface area contributed by atoms with Gasteiger partial charge in [0.25, 0.3) is 0 Å². The second-order valence-electron chi connectivity index (χ2n) is 6.15. The van der Waals surface area contributed by atoms with E-state index < -0.39 is 17.4 Å². The highest BCUT2D eigenvalue weighted by atomic mass is 35.5. The first-order chi connectivity index (χ1) is 13.3. The summed E-state index contributed by atoms with van der Waals surface area (Å²) < 4.78 is 15.9. The number of hydrogen-bond donors (Lipinski definition) is 2. The zero-order chi connectivity index (χ0) is 20.7. The van der Waals surface area contributed by atoms with Crippen molar-refractivity contribution in [3.8, 4) is 11.5 Å². The molecule has 0 aliphatic rings. The zero-order valence-corrected chi connectivity index (χ0v) is 16.9. The van der Waals surface area contributed by atoms with Crippen molar-refractivity contribution in [2.24, 2.45) is 0 Å². The van der Waals surface area contributed by atoms with Crippen LogP contribution in [0.1, 0.15) is 12.5 Å². The number of amides is 2. The zero-order valence-electron chi connectivity index (χ0n) is 16.2. The maximum Gasteiger partial charge on any atom is 0.313 e. The number of anilines is 1. The second kappa shape index (κ2) is 9.43. The number of carbonyl (C=O) groups excluding carboxylic acids is 2. The molecule has 0 spiro atoms. The Bertz CT molecular complexity index is 858. The van der Waals surface area contributed by atoms with E-state index in [0.717, 1.165) is 5.56 Å². The molecule has 0 aromatic heterocycles. The van der Waals surface area contributed by atoms with E-state index in [9.17, 15) is 9.59 Å². The summed E-state index contributed by atoms with van der Waals surface area (Å²) in [5, 5.41) is 5.66. The lowest BCUT2D eigenvalue weighted by molar-refractivity contribution is -0.137. The third kappa shape index (κ3) is 5.15. The number of rotatable bonds is 7. The Morgan fingerprint density at radius 1 is 1.00 bits per heavy atom. The Morgan fingerprint density at radius 2 is 1.71 bits per heavy atom. The SMILES string of the molecule is COc1ccc(NC(=O)C(=O)NCC(C)(OC)c2cccc(Cl)c2)cc1OC. The average molecular weight is 407 g/mol. The summed E-state index contributed by atoms with van der Waals surface area (Å²) in [4.78, 5) is 24.4. The minimum absolute atomic E-state index is 0.0853. The van der Waals surface area contributed by atoms with Gasteiger partial charge in [-0.05, 0) is 36.8 Å². The lowest BCUT2D eigenvalue weighted by Crippen LogP contribution is -2.44. The molecule has 0 bridgehead atoms. The maximum atomic E-state index is 12.2. The number of nitrogens with one attached hydrogen (secondary N) is 2. The highest BCUT2D eigenvalue weighted by Gasteiger charge is 2.28. The van der Waals surface area contributed by atoms with Gasteiger partial charge < -0.3 is 24.8 Å².